The van der Waals surface area contributed by atoms with E-state index in [4.69, 9.17) is 10.4 Å². The molecule has 2 N–H and O–H groups in total. The zero-order valence-corrected chi connectivity index (χ0v) is 8.27. The molecule has 0 spiro atoms. The van der Waals surface area contributed by atoms with Gasteiger partial charge < -0.3 is 10.4 Å². The highest BCUT2D eigenvalue weighted by atomic mass is 16.4. The Bertz CT molecular complexity index is 381. The Balaban J connectivity index is 2.52. The number of nitriles is 1. The molecule has 1 aromatic rings. The quantitative estimate of drug-likeness (QED) is 0.768. The number of aromatic nitrogens is 1. The van der Waals surface area contributed by atoms with Gasteiger partial charge in [0.1, 0.15) is 11.8 Å². The fourth-order valence-corrected chi connectivity index (χ4v) is 0.923. The Morgan fingerprint density at radius 1 is 1.73 bits per heavy atom. The van der Waals surface area contributed by atoms with Crippen molar-refractivity contribution in [1.29, 1.82) is 5.26 Å². The second-order valence-corrected chi connectivity index (χ2v) is 3.16. The van der Waals surface area contributed by atoms with E-state index in [1.165, 1.54) is 6.20 Å². The van der Waals surface area contributed by atoms with Gasteiger partial charge in [0.2, 0.25) is 0 Å². The van der Waals surface area contributed by atoms with Gasteiger partial charge in [-0.2, -0.15) is 5.26 Å². The second kappa shape index (κ2) is 4.96. The lowest BCUT2D eigenvalue weighted by Crippen LogP contribution is -2.19. The molecule has 0 aliphatic carbocycles. The molecule has 1 atom stereocenters. The summed E-state index contributed by atoms with van der Waals surface area (Å²) in [7, 11) is 0. The average Bonchev–Trinajstić information content (AvgIpc) is 2.26. The molecular formula is C10H11N3O2. The van der Waals surface area contributed by atoms with E-state index >= 15 is 0 Å². The first-order chi connectivity index (χ1) is 7.13. The van der Waals surface area contributed by atoms with E-state index in [2.05, 4.69) is 10.3 Å². The Morgan fingerprint density at radius 3 is 2.93 bits per heavy atom. The SMILES string of the molecule is CC(CNc1ccc(C#N)nc1)C(=O)O. The van der Waals surface area contributed by atoms with Crippen LogP contribution in [0.1, 0.15) is 12.6 Å². The zero-order valence-electron chi connectivity index (χ0n) is 8.27. The predicted octanol–water partition coefficient (Wildman–Crippen LogP) is 1.09. The molecule has 0 saturated carbocycles. The number of rotatable bonds is 4. The first-order valence-corrected chi connectivity index (χ1v) is 4.46. The Hall–Kier alpha value is -2.09. The summed E-state index contributed by atoms with van der Waals surface area (Å²) in [6.45, 7) is 1.95. The van der Waals surface area contributed by atoms with Crippen LogP contribution < -0.4 is 5.32 Å². The molecule has 78 valence electrons. The number of nitrogens with zero attached hydrogens (tertiary/aromatic N) is 2. The first-order valence-electron chi connectivity index (χ1n) is 4.46. The molecule has 5 nitrogen and oxygen atoms in total. The molecule has 1 rings (SSSR count). The summed E-state index contributed by atoms with van der Waals surface area (Å²) in [6, 6.07) is 5.18. The van der Waals surface area contributed by atoms with Gasteiger partial charge in [-0.25, -0.2) is 4.98 Å². The molecule has 0 aliphatic heterocycles. The van der Waals surface area contributed by atoms with Crippen LogP contribution in [0.3, 0.4) is 0 Å². The average molecular weight is 205 g/mol. The largest absolute Gasteiger partial charge is 0.481 e. The van der Waals surface area contributed by atoms with E-state index in [1.54, 1.807) is 19.1 Å². The van der Waals surface area contributed by atoms with Gasteiger partial charge in [0, 0.05) is 6.54 Å². The standard InChI is InChI=1S/C10H11N3O2/c1-7(10(14)15)5-12-9-3-2-8(4-11)13-6-9/h2-3,6-7,12H,5H2,1H3,(H,14,15). The highest BCUT2D eigenvalue weighted by Gasteiger charge is 2.09. The van der Waals surface area contributed by atoms with Crippen molar-refractivity contribution >= 4 is 11.7 Å². The summed E-state index contributed by atoms with van der Waals surface area (Å²) in [5, 5.41) is 20.1. The third kappa shape index (κ3) is 3.27. The molecule has 0 radical (unpaired) electrons. The summed E-state index contributed by atoms with van der Waals surface area (Å²) in [4.78, 5) is 14.4. The molecule has 0 bridgehead atoms. The van der Waals surface area contributed by atoms with E-state index in [0.29, 0.717) is 17.9 Å². The summed E-state index contributed by atoms with van der Waals surface area (Å²) in [5.74, 6) is -1.30. The predicted molar refractivity (Wildman–Crippen MR) is 54.2 cm³/mol. The lowest BCUT2D eigenvalue weighted by molar-refractivity contribution is -0.140. The first kappa shape index (κ1) is 11.0. The van der Waals surface area contributed by atoms with E-state index in [0.717, 1.165) is 0 Å². The van der Waals surface area contributed by atoms with Crippen LogP contribution in [0.4, 0.5) is 5.69 Å². The number of hydrogen-bond acceptors (Lipinski definition) is 4. The number of carboxylic acid groups (broad SMARTS) is 1. The van der Waals surface area contributed by atoms with Crippen LogP contribution in [-0.4, -0.2) is 22.6 Å². The number of aliphatic carboxylic acids is 1. The van der Waals surface area contributed by atoms with E-state index in [-0.39, 0.29) is 0 Å². The van der Waals surface area contributed by atoms with Gasteiger partial charge in [0.15, 0.2) is 0 Å². The minimum Gasteiger partial charge on any atom is -0.481 e. The molecule has 0 aliphatic rings. The maximum Gasteiger partial charge on any atom is 0.308 e. The van der Waals surface area contributed by atoms with Gasteiger partial charge in [-0.1, -0.05) is 6.92 Å². The van der Waals surface area contributed by atoms with Crippen LogP contribution in [0.25, 0.3) is 0 Å². The summed E-state index contributed by atoms with van der Waals surface area (Å²) in [6.07, 6.45) is 1.51. The van der Waals surface area contributed by atoms with Crippen LogP contribution >= 0.6 is 0 Å². The molecule has 1 heterocycles. The van der Waals surface area contributed by atoms with Gasteiger partial charge in [-0.3, -0.25) is 4.79 Å². The molecule has 0 aromatic carbocycles. The van der Waals surface area contributed by atoms with Crippen molar-refractivity contribution < 1.29 is 9.90 Å². The maximum absolute atomic E-state index is 10.5. The normalized spacial score (nSPS) is 11.5. The number of pyridine rings is 1. The maximum atomic E-state index is 10.5. The van der Waals surface area contributed by atoms with Crippen LogP contribution in [0.2, 0.25) is 0 Å². The van der Waals surface area contributed by atoms with E-state index in [9.17, 15) is 4.79 Å². The molecule has 1 unspecified atom stereocenters. The number of carbonyl (C=O) groups is 1. The fraction of sp³-hybridized carbons (Fsp3) is 0.300. The Labute approximate surface area is 87.4 Å². The van der Waals surface area contributed by atoms with Crippen molar-refractivity contribution in [1.82, 2.24) is 4.98 Å². The van der Waals surface area contributed by atoms with Crippen LogP contribution in [0.5, 0.6) is 0 Å². The molecule has 5 heteroatoms. The molecule has 15 heavy (non-hydrogen) atoms. The number of hydrogen-bond donors (Lipinski definition) is 2. The van der Waals surface area contributed by atoms with Crippen molar-refractivity contribution in [3.8, 4) is 6.07 Å². The highest BCUT2D eigenvalue weighted by Crippen LogP contribution is 2.06. The fourth-order valence-electron chi connectivity index (χ4n) is 0.923. The van der Waals surface area contributed by atoms with Crippen molar-refractivity contribution in [2.75, 3.05) is 11.9 Å². The molecule has 0 amide bonds. The number of anilines is 1. The molecule has 0 saturated heterocycles. The van der Waals surface area contributed by atoms with Gasteiger partial charge in [0.25, 0.3) is 0 Å². The minimum absolute atomic E-state index is 0.336. The van der Waals surface area contributed by atoms with Gasteiger partial charge in [-0.05, 0) is 12.1 Å². The minimum atomic E-state index is -0.843. The van der Waals surface area contributed by atoms with Gasteiger partial charge in [-0.15, -0.1) is 0 Å². The number of carboxylic acids is 1. The van der Waals surface area contributed by atoms with E-state index < -0.39 is 11.9 Å². The summed E-state index contributed by atoms with van der Waals surface area (Å²) >= 11 is 0. The summed E-state index contributed by atoms with van der Waals surface area (Å²) < 4.78 is 0. The Morgan fingerprint density at radius 2 is 2.47 bits per heavy atom. The lowest BCUT2D eigenvalue weighted by atomic mass is 10.2. The van der Waals surface area contributed by atoms with Crippen molar-refractivity contribution in [3.05, 3.63) is 24.0 Å². The van der Waals surface area contributed by atoms with Gasteiger partial charge >= 0.3 is 5.97 Å². The van der Waals surface area contributed by atoms with Crippen molar-refractivity contribution in [2.24, 2.45) is 5.92 Å². The monoisotopic (exact) mass is 205 g/mol. The molecular weight excluding hydrogens is 194 g/mol. The zero-order chi connectivity index (χ0) is 11.3. The van der Waals surface area contributed by atoms with E-state index in [1.807, 2.05) is 6.07 Å². The third-order valence-electron chi connectivity index (χ3n) is 1.91. The van der Waals surface area contributed by atoms with Crippen molar-refractivity contribution in [3.63, 3.8) is 0 Å². The van der Waals surface area contributed by atoms with Crippen molar-refractivity contribution in [2.45, 2.75) is 6.92 Å². The highest BCUT2D eigenvalue weighted by molar-refractivity contribution is 5.70. The molecule has 1 aromatic heterocycles. The number of nitrogens with one attached hydrogen (secondary N) is 1. The van der Waals surface area contributed by atoms with Crippen LogP contribution in [-0.2, 0) is 4.79 Å². The van der Waals surface area contributed by atoms with Crippen LogP contribution in [0, 0.1) is 17.2 Å². The Kier molecular flexibility index (Phi) is 3.63. The second-order valence-electron chi connectivity index (χ2n) is 3.16. The molecule has 0 fully saturated rings. The van der Waals surface area contributed by atoms with Gasteiger partial charge in [0.05, 0.1) is 17.8 Å². The lowest BCUT2D eigenvalue weighted by Gasteiger charge is -2.08. The summed E-state index contributed by atoms with van der Waals surface area (Å²) in [5.41, 5.74) is 1.05. The smallest absolute Gasteiger partial charge is 0.308 e. The topological polar surface area (TPSA) is 86.0 Å². The third-order valence-corrected chi connectivity index (χ3v) is 1.91. The van der Waals surface area contributed by atoms with Crippen LogP contribution in [0.15, 0.2) is 18.3 Å².